The minimum atomic E-state index is -1.02. The molecule has 0 spiro atoms. The number of thioether (sulfide) groups is 1. The van der Waals surface area contributed by atoms with Crippen LogP contribution in [0.4, 0.5) is 5.69 Å². The van der Waals surface area contributed by atoms with Crippen LogP contribution >= 0.6 is 11.8 Å². The molecule has 31 heavy (non-hydrogen) atoms. The molecule has 1 aliphatic rings. The number of fused-ring (bicyclic) bond motifs is 1. The van der Waals surface area contributed by atoms with Crippen molar-refractivity contribution in [3.05, 3.63) is 52.7 Å². The van der Waals surface area contributed by atoms with E-state index in [1.54, 1.807) is 19.1 Å². The number of carboxylic acid groups (broad SMARTS) is 1. The summed E-state index contributed by atoms with van der Waals surface area (Å²) >= 11 is 1.27. The molecule has 2 N–H and O–H groups in total. The lowest BCUT2D eigenvalue weighted by atomic mass is 9.71. The fourth-order valence-corrected chi connectivity index (χ4v) is 4.61. The van der Waals surface area contributed by atoms with E-state index in [0.29, 0.717) is 22.2 Å². The lowest BCUT2D eigenvalue weighted by Gasteiger charge is -2.34. The zero-order valence-corrected chi connectivity index (χ0v) is 19.0. The number of benzene rings is 1. The van der Waals surface area contributed by atoms with Crippen LogP contribution in [0.5, 0.6) is 0 Å². The minimum absolute atomic E-state index is 0.158. The van der Waals surface area contributed by atoms with Crippen molar-refractivity contribution in [1.29, 1.82) is 5.26 Å². The predicted molar refractivity (Wildman–Crippen MR) is 121 cm³/mol. The highest BCUT2D eigenvalue weighted by molar-refractivity contribution is 8.00. The molecule has 6 nitrogen and oxygen atoms in total. The van der Waals surface area contributed by atoms with Crippen molar-refractivity contribution in [3.8, 4) is 6.07 Å². The highest BCUT2D eigenvalue weighted by atomic mass is 32.2. The third-order valence-electron chi connectivity index (χ3n) is 5.75. The van der Waals surface area contributed by atoms with E-state index in [0.717, 1.165) is 30.5 Å². The van der Waals surface area contributed by atoms with Crippen LogP contribution in [0.1, 0.15) is 61.3 Å². The van der Waals surface area contributed by atoms with Crippen molar-refractivity contribution < 1.29 is 14.7 Å². The Kier molecular flexibility index (Phi) is 6.71. The number of aryl methyl sites for hydroxylation is 1. The van der Waals surface area contributed by atoms with Crippen LogP contribution in [0.2, 0.25) is 0 Å². The van der Waals surface area contributed by atoms with E-state index in [2.05, 4.69) is 32.2 Å². The van der Waals surface area contributed by atoms with Crippen LogP contribution in [0.25, 0.3) is 0 Å². The molecule has 7 heteroatoms. The molecule has 1 aromatic heterocycles. The summed E-state index contributed by atoms with van der Waals surface area (Å²) in [6, 6.07) is 10.2. The summed E-state index contributed by atoms with van der Waals surface area (Å²) in [5, 5.41) is 21.5. The lowest BCUT2D eigenvalue weighted by molar-refractivity contribution is -0.115. The molecule has 2 unspecified atom stereocenters. The van der Waals surface area contributed by atoms with Crippen LogP contribution < -0.4 is 5.32 Å². The van der Waals surface area contributed by atoms with Crippen LogP contribution in [0.3, 0.4) is 0 Å². The molecule has 162 valence electrons. The number of anilines is 1. The monoisotopic (exact) mass is 437 g/mol. The first kappa shape index (κ1) is 22.8. The number of pyridine rings is 1. The van der Waals surface area contributed by atoms with Gasteiger partial charge in [-0.05, 0) is 73.4 Å². The van der Waals surface area contributed by atoms with Crippen LogP contribution in [-0.2, 0) is 17.6 Å². The molecule has 2 aromatic rings. The molecular weight excluding hydrogens is 410 g/mol. The topological polar surface area (TPSA) is 103 Å². The average Bonchev–Trinajstić information content (AvgIpc) is 2.72. The number of rotatable bonds is 5. The first-order chi connectivity index (χ1) is 14.6. The maximum absolute atomic E-state index is 12.6. The maximum Gasteiger partial charge on any atom is 0.335 e. The molecule has 0 radical (unpaired) electrons. The SMILES string of the molecule is CC(Sc1nc2c(cc1C#N)CC(C(C)(C)C)CC2)C(=O)Nc1ccc(C(=O)O)cc1. The molecule has 0 saturated carbocycles. The largest absolute Gasteiger partial charge is 0.478 e. The van der Waals surface area contributed by atoms with E-state index in [-0.39, 0.29) is 16.9 Å². The van der Waals surface area contributed by atoms with Gasteiger partial charge in [0.15, 0.2) is 0 Å². The normalized spacial score (nSPS) is 16.7. The fraction of sp³-hybridized carbons (Fsp3) is 0.417. The van der Waals surface area contributed by atoms with Gasteiger partial charge in [0.05, 0.1) is 16.4 Å². The molecule has 1 aliphatic carbocycles. The van der Waals surface area contributed by atoms with E-state index in [1.165, 1.54) is 23.9 Å². The van der Waals surface area contributed by atoms with Crippen LogP contribution in [-0.4, -0.2) is 27.2 Å². The Hall–Kier alpha value is -2.85. The van der Waals surface area contributed by atoms with Crippen molar-refractivity contribution in [1.82, 2.24) is 4.98 Å². The Morgan fingerprint density at radius 1 is 1.29 bits per heavy atom. The molecule has 0 aliphatic heterocycles. The average molecular weight is 438 g/mol. The molecule has 1 aromatic carbocycles. The van der Waals surface area contributed by atoms with Crippen molar-refractivity contribution in [2.75, 3.05) is 5.32 Å². The van der Waals surface area contributed by atoms with Crippen molar-refractivity contribution in [2.45, 2.75) is 57.2 Å². The number of nitrogens with one attached hydrogen (secondary N) is 1. The highest BCUT2D eigenvalue weighted by Crippen LogP contribution is 2.38. The first-order valence-corrected chi connectivity index (χ1v) is 11.2. The third kappa shape index (κ3) is 5.45. The van der Waals surface area contributed by atoms with E-state index in [4.69, 9.17) is 10.1 Å². The van der Waals surface area contributed by atoms with Crippen molar-refractivity contribution in [3.63, 3.8) is 0 Å². The Morgan fingerprint density at radius 3 is 2.55 bits per heavy atom. The van der Waals surface area contributed by atoms with Gasteiger partial charge in [0.25, 0.3) is 0 Å². The number of aromatic carboxylic acids is 1. The van der Waals surface area contributed by atoms with Gasteiger partial charge in [-0.1, -0.05) is 32.5 Å². The maximum atomic E-state index is 12.6. The number of hydrogen-bond donors (Lipinski definition) is 2. The zero-order chi connectivity index (χ0) is 22.8. The fourth-order valence-electron chi connectivity index (χ4n) is 3.72. The summed E-state index contributed by atoms with van der Waals surface area (Å²) in [4.78, 5) is 28.3. The second-order valence-electron chi connectivity index (χ2n) is 9.00. The number of hydrogen-bond acceptors (Lipinski definition) is 5. The smallest absolute Gasteiger partial charge is 0.335 e. The number of nitrogens with zero attached hydrogens (tertiary/aromatic N) is 2. The third-order valence-corrected chi connectivity index (χ3v) is 6.86. The Morgan fingerprint density at radius 2 is 1.97 bits per heavy atom. The number of amides is 1. The highest BCUT2D eigenvalue weighted by Gasteiger charge is 2.30. The second-order valence-corrected chi connectivity index (χ2v) is 10.3. The van der Waals surface area contributed by atoms with Crippen molar-refractivity contribution in [2.24, 2.45) is 11.3 Å². The van der Waals surface area contributed by atoms with Gasteiger partial charge in [-0.25, -0.2) is 9.78 Å². The van der Waals surface area contributed by atoms with Gasteiger partial charge in [0.2, 0.25) is 5.91 Å². The van der Waals surface area contributed by atoms with Gasteiger partial charge in [-0.15, -0.1) is 0 Å². The standard InChI is InChI=1S/C24H27N3O3S/c1-14(21(28)26-19-8-5-15(6-9-19)23(29)30)31-22-17(13-25)11-16-12-18(24(2,3)4)7-10-20(16)27-22/h5-6,8-9,11,14,18H,7,10,12H2,1-4H3,(H,26,28)(H,29,30). The first-order valence-electron chi connectivity index (χ1n) is 10.3. The predicted octanol–water partition coefficient (Wildman–Crippen LogP) is 4.92. The Balaban J connectivity index is 1.72. The quantitative estimate of drug-likeness (QED) is 0.644. The number of nitriles is 1. The molecular formula is C24H27N3O3S. The summed E-state index contributed by atoms with van der Waals surface area (Å²) in [6.45, 7) is 8.52. The molecule has 0 fully saturated rings. The van der Waals surface area contributed by atoms with E-state index in [1.807, 2.05) is 6.07 Å². The number of carboxylic acids is 1. The second kappa shape index (κ2) is 9.11. The van der Waals surface area contributed by atoms with Crippen LogP contribution in [0.15, 0.2) is 35.4 Å². The number of carbonyl (C=O) groups is 2. The number of aromatic nitrogens is 1. The van der Waals surface area contributed by atoms with Crippen molar-refractivity contribution >= 4 is 29.3 Å². The molecule has 2 atom stereocenters. The van der Waals surface area contributed by atoms with Crippen LogP contribution in [0, 0.1) is 22.7 Å². The molecule has 1 amide bonds. The zero-order valence-electron chi connectivity index (χ0n) is 18.2. The van der Waals surface area contributed by atoms with Gasteiger partial charge in [0, 0.05) is 11.4 Å². The summed E-state index contributed by atoms with van der Waals surface area (Å²) in [5.41, 5.74) is 3.57. The van der Waals surface area contributed by atoms with E-state index in [9.17, 15) is 14.9 Å². The molecule has 0 bridgehead atoms. The Labute approximate surface area is 187 Å². The molecule has 0 saturated heterocycles. The lowest BCUT2D eigenvalue weighted by Crippen LogP contribution is -2.27. The van der Waals surface area contributed by atoms with Gasteiger partial charge in [0.1, 0.15) is 11.1 Å². The summed E-state index contributed by atoms with van der Waals surface area (Å²) < 4.78 is 0. The summed E-state index contributed by atoms with van der Waals surface area (Å²) in [7, 11) is 0. The van der Waals surface area contributed by atoms with E-state index < -0.39 is 11.2 Å². The van der Waals surface area contributed by atoms with E-state index >= 15 is 0 Å². The van der Waals surface area contributed by atoms with Gasteiger partial charge < -0.3 is 10.4 Å². The Bertz CT molecular complexity index is 1040. The van der Waals surface area contributed by atoms with Gasteiger partial charge in [-0.2, -0.15) is 5.26 Å². The van der Waals surface area contributed by atoms with Gasteiger partial charge in [-0.3, -0.25) is 4.79 Å². The van der Waals surface area contributed by atoms with Gasteiger partial charge >= 0.3 is 5.97 Å². The molecule has 3 rings (SSSR count). The summed E-state index contributed by atoms with van der Waals surface area (Å²) in [5.74, 6) is -0.688. The summed E-state index contributed by atoms with van der Waals surface area (Å²) in [6.07, 6.45) is 2.88. The number of carbonyl (C=O) groups excluding carboxylic acids is 1. The molecule has 1 heterocycles. The minimum Gasteiger partial charge on any atom is -0.478 e.